The molecule has 0 aliphatic heterocycles. The Morgan fingerprint density at radius 2 is 2.10 bits per heavy atom. The van der Waals surface area contributed by atoms with Gasteiger partial charge in [-0.1, -0.05) is 35.8 Å². The zero-order valence-electron chi connectivity index (χ0n) is 17.3. The Hall–Kier alpha value is -2.64. The highest BCUT2D eigenvalue weighted by molar-refractivity contribution is 7.99. The second kappa shape index (κ2) is 12.3. The number of hydrogen-bond acceptors (Lipinski definition) is 6. The third-order valence-electron chi connectivity index (χ3n) is 4.51. The fourth-order valence-electron chi connectivity index (χ4n) is 3.01. The first-order valence-electron chi connectivity index (χ1n) is 9.84. The fraction of sp³-hybridized carbons (Fsp3) is 0.304. The van der Waals surface area contributed by atoms with Gasteiger partial charge in [-0.3, -0.25) is 4.79 Å². The Labute approximate surface area is 191 Å². The molecule has 0 fully saturated rings. The number of rotatable bonds is 12. The van der Waals surface area contributed by atoms with E-state index in [-0.39, 0.29) is 12.2 Å². The van der Waals surface area contributed by atoms with Gasteiger partial charge >= 0.3 is 5.97 Å². The van der Waals surface area contributed by atoms with Gasteiger partial charge in [-0.2, -0.15) is 0 Å². The second-order valence-electron chi connectivity index (χ2n) is 6.72. The van der Waals surface area contributed by atoms with E-state index in [0.29, 0.717) is 52.6 Å². The van der Waals surface area contributed by atoms with Crippen LogP contribution in [0.3, 0.4) is 0 Å². The van der Waals surface area contributed by atoms with Crippen molar-refractivity contribution in [3.63, 3.8) is 0 Å². The number of phenolic OH excluding ortho intramolecular Hbond substituents is 1. The molecule has 0 saturated carbocycles. The van der Waals surface area contributed by atoms with Gasteiger partial charge in [-0.25, -0.2) is 0 Å². The quantitative estimate of drug-likeness (QED) is 0.0952. The van der Waals surface area contributed by atoms with Crippen LogP contribution in [-0.2, 0) is 17.6 Å². The summed E-state index contributed by atoms with van der Waals surface area (Å²) >= 11 is 7.82. The number of benzene rings is 2. The van der Waals surface area contributed by atoms with Crippen molar-refractivity contribution in [3.05, 3.63) is 64.7 Å². The van der Waals surface area contributed by atoms with Crippen LogP contribution in [0.1, 0.15) is 36.5 Å². The minimum Gasteiger partial charge on any atom is -0.507 e. The van der Waals surface area contributed by atoms with Crippen molar-refractivity contribution in [2.75, 3.05) is 12.4 Å². The van der Waals surface area contributed by atoms with E-state index < -0.39 is 5.97 Å². The van der Waals surface area contributed by atoms with Gasteiger partial charge in [0.15, 0.2) is 0 Å². The van der Waals surface area contributed by atoms with E-state index >= 15 is 0 Å². The average Bonchev–Trinajstić information content (AvgIpc) is 2.73. The molecule has 0 aliphatic carbocycles. The largest absolute Gasteiger partial charge is 0.507 e. The molecule has 0 radical (unpaired) electrons. The number of phenols is 1. The van der Waals surface area contributed by atoms with E-state index in [1.807, 2.05) is 13.0 Å². The molecule has 0 saturated heterocycles. The van der Waals surface area contributed by atoms with Crippen LogP contribution in [0, 0.1) is 0 Å². The molecule has 0 aromatic heterocycles. The third kappa shape index (κ3) is 6.94. The second-order valence-corrected chi connectivity index (χ2v) is 8.26. The molecule has 0 atom stereocenters. The van der Waals surface area contributed by atoms with Crippen LogP contribution < -0.4 is 4.74 Å². The molecule has 0 heterocycles. The number of thioether (sulfide) groups is 1. The smallest absolute Gasteiger partial charge is 0.307 e. The van der Waals surface area contributed by atoms with Crippen LogP contribution in [0.5, 0.6) is 11.5 Å². The number of carbonyl (C=O) groups is 1. The Bertz CT molecular complexity index is 961. The maximum absolute atomic E-state index is 10.8. The molecule has 2 aromatic rings. The minimum absolute atomic E-state index is 0.0367. The maximum Gasteiger partial charge on any atom is 0.307 e. The van der Waals surface area contributed by atoms with Crippen molar-refractivity contribution < 1.29 is 25.0 Å². The van der Waals surface area contributed by atoms with Gasteiger partial charge in [0.25, 0.3) is 0 Å². The average molecular weight is 464 g/mol. The van der Waals surface area contributed by atoms with Gasteiger partial charge in [0.2, 0.25) is 0 Å². The number of halogens is 1. The van der Waals surface area contributed by atoms with Crippen molar-refractivity contribution in [2.45, 2.75) is 37.5 Å². The summed E-state index contributed by atoms with van der Waals surface area (Å²) in [4.78, 5) is 11.7. The van der Waals surface area contributed by atoms with Gasteiger partial charge in [-0.05, 0) is 49.1 Å². The molecule has 0 aliphatic rings. The summed E-state index contributed by atoms with van der Waals surface area (Å²) in [6.07, 6.45) is 3.27. The van der Waals surface area contributed by atoms with Crippen molar-refractivity contribution in [3.8, 4) is 11.5 Å². The first-order valence-corrected chi connectivity index (χ1v) is 11.2. The van der Waals surface area contributed by atoms with Crippen molar-refractivity contribution in [2.24, 2.45) is 5.16 Å². The fourth-order valence-corrected chi connectivity index (χ4v) is 4.22. The van der Waals surface area contributed by atoms with Crippen LogP contribution >= 0.6 is 23.4 Å². The van der Waals surface area contributed by atoms with E-state index in [0.717, 1.165) is 17.1 Å². The number of nitrogens with zero attached hydrogens (tertiary/aromatic N) is 1. The van der Waals surface area contributed by atoms with Crippen molar-refractivity contribution in [1.29, 1.82) is 0 Å². The molecule has 0 spiro atoms. The van der Waals surface area contributed by atoms with Crippen LogP contribution in [-0.4, -0.2) is 39.5 Å². The van der Waals surface area contributed by atoms with E-state index in [9.17, 15) is 9.90 Å². The Balaban J connectivity index is 1.96. The summed E-state index contributed by atoms with van der Waals surface area (Å²) in [5.74, 6) is 0.471. The molecule has 0 amide bonds. The van der Waals surface area contributed by atoms with Crippen LogP contribution in [0.25, 0.3) is 0 Å². The number of ether oxygens (including phenoxy) is 1. The SMILES string of the molecule is C=CCc1c(OCCCSc2ccc(CC(=O)O)cc2Cl)ccc(/C(CC)=N/O)c1O. The topological polar surface area (TPSA) is 99.4 Å². The molecule has 2 rings (SSSR count). The zero-order chi connectivity index (χ0) is 22.8. The number of oxime groups is 1. The summed E-state index contributed by atoms with van der Waals surface area (Å²) < 4.78 is 5.88. The lowest BCUT2D eigenvalue weighted by Crippen LogP contribution is -2.05. The van der Waals surface area contributed by atoms with Crippen molar-refractivity contribution >= 4 is 35.0 Å². The lowest BCUT2D eigenvalue weighted by atomic mass is 10.0. The van der Waals surface area contributed by atoms with Crippen molar-refractivity contribution in [1.82, 2.24) is 0 Å². The normalized spacial score (nSPS) is 11.4. The molecule has 6 nitrogen and oxygen atoms in total. The van der Waals surface area contributed by atoms with Gasteiger partial charge in [0, 0.05) is 21.8 Å². The van der Waals surface area contributed by atoms with Crippen LogP contribution in [0.15, 0.2) is 53.0 Å². The zero-order valence-corrected chi connectivity index (χ0v) is 18.9. The minimum atomic E-state index is -0.891. The first-order chi connectivity index (χ1) is 14.9. The lowest BCUT2D eigenvalue weighted by Gasteiger charge is -2.15. The number of aromatic hydroxyl groups is 1. The number of aliphatic carboxylic acids is 1. The molecule has 2 aromatic carbocycles. The molecular formula is C23H26ClNO5S. The van der Waals surface area contributed by atoms with E-state index in [1.54, 1.807) is 42.1 Å². The summed E-state index contributed by atoms with van der Waals surface area (Å²) in [6, 6.07) is 8.73. The van der Waals surface area contributed by atoms with E-state index in [1.165, 1.54) is 0 Å². The number of allylic oxidation sites excluding steroid dienone is 1. The summed E-state index contributed by atoms with van der Waals surface area (Å²) in [5, 5.41) is 32.4. The van der Waals surface area contributed by atoms with Gasteiger partial charge in [0.1, 0.15) is 11.5 Å². The monoisotopic (exact) mass is 463 g/mol. The predicted molar refractivity (Wildman–Crippen MR) is 124 cm³/mol. The first kappa shape index (κ1) is 24.6. The van der Waals surface area contributed by atoms with Crippen LogP contribution in [0.4, 0.5) is 0 Å². The van der Waals surface area contributed by atoms with Gasteiger partial charge < -0.3 is 20.2 Å². The molecule has 0 unspecified atom stereocenters. The third-order valence-corrected chi connectivity index (χ3v) is 6.09. The maximum atomic E-state index is 10.8. The van der Waals surface area contributed by atoms with Gasteiger partial charge in [-0.15, -0.1) is 18.3 Å². The summed E-state index contributed by atoms with van der Waals surface area (Å²) in [6.45, 7) is 6.02. The Morgan fingerprint density at radius 1 is 1.32 bits per heavy atom. The number of carboxylic acids is 1. The molecule has 0 bridgehead atoms. The van der Waals surface area contributed by atoms with Gasteiger partial charge in [0.05, 0.1) is 23.8 Å². The number of carboxylic acid groups (broad SMARTS) is 1. The molecule has 166 valence electrons. The lowest BCUT2D eigenvalue weighted by molar-refractivity contribution is -0.136. The molecule has 31 heavy (non-hydrogen) atoms. The highest BCUT2D eigenvalue weighted by Crippen LogP contribution is 2.34. The highest BCUT2D eigenvalue weighted by Gasteiger charge is 2.16. The van der Waals surface area contributed by atoms with Crippen LogP contribution in [0.2, 0.25) is 5.02 Å². The molecular weight excluding hydrogens is 438 g/mol. The summed E-state index contributed by atoms with van der Waals surface area (Å²) in [7, 11) is 0. The Kier molecular flexibility index (Phi) is 9.75. The van der Waals surface area contributed by atoms with E-state index in [4.69, 9.17) is 26.7 Å². The Morgan fingerprint density at radius 3 is 2.71 bits per heavy atom. The predicted octanol–water partition coefficient (Wildman–Crippen LogP) is 5.55. The van der Waals surface area contributed by atoms with E-state index in [2.05, 4.69) is 11.7 Å². The standard InChI is InChI=1S/C23H26ClNO5S/c1-3-6-17-20(9-8-16(23(17)28)19(4-2)25-29)30-11-5-12-31-21-10-7-15(13-18(21)24)14-22(26)27/h3,7-10,13,28-29H,1,4-6,11-12,14H2,2H3,(H,26,27)/b25-19+. The highest BCUT2D eigenvalue weighted by atomic mass is 35.5. The summed E-state index contributed by atoms with van der Waals surface area (Å²) in [5.41, 5.74) is 2.15. The molecule has 3 N–H and O–H groups in total. The number of hydrogen-bond donors (Lipinski definition) is 3. The molecule has 8 heteroatoms.